The highest BCUT2D eigenvalue weighted by atomic mass is 35.5. The van der Waals surface area contributed by atoms with Gasteiger partial charge in [0.15, 0.2) is 5.13 Å². The second-order valence-electron chi connectivity index (χ2n) is 4.59. The molecule has 2 rings (SSSR count). The summed E-state index contributed by atoms with van der Waals surface area (Å²) in [5.41, 5.74) is 7.35. The van der Waals surface area contributed by atoms with Gasteiger partial charge in [-0.3, -0.25) is 4.79 Å². The van der Waals surface area contributed by atoms with Crippen molar-refractivity contribution in [3.8, 4) is 11.3 Å². The predicted molar refractivity (Wildman–Crippen MR) is 83.4 cm³/mol. The number of nitrogens with two attached hydrogens (primary N) is 1. The van der Waals surface area contributed by atoms with E-state index < -0.39 is 0 Å². The van der Waals surface area contributed by atoms with Crippen molar-refractivity contribution in [2.24, 2.45) is 5.73 Å². The van der Waals surface area contributed by atoms with Gasteiger partial charge in [0.2, 0.25) is 5.91 Å². The van der Waals surface area contributed by atoms with E-state index in [4.69, 9.17) is 10.2 Å². The third-order valence-corrected chi connectivity index (χ3v) is 3.33. The Morgan fingerprint density at radius 1 is 1.55 bits per heavy atom. The maximum atomic E-state index is 11.6. The molecule has 0 aromatic carbocycles. The van der Waals surface area contributed by atoms with Crippen LogP contribution in [0.2, 0.25) is 0 Å². The smallest absolute Gasteiger partial charge is 0.227 e. The van der Waals surface area contributed by atoms with Gasteiger partial charge in [-0.15, -0.1) is 23.7 Å². The largest absolute Gasteiger partial charge is 0.466 e. The summed E-state index contributed by atoms with van der Waals surface area (Å²) in [6, 6.07) is 1.79. The van der Waals surface area contributed by atoms with Crippen molar-refractivity contribution >= 4 is 34.8 Å². The van der Waals surface area contributed by atoms with Crippen LogP contribution in [0.1, 0.15) is 24.9 Å². The molecule has 0 spiro atoms. The van der Waals surface area contributed by atoms with Crippen LogP contribution in [0, 0.1) is 13.8 Å². The molecule has 3 N–H and O–H groups in total. The molecule has 0 aliphatic carbocycles. The van der Waals surface area contributed by atoms with Gasteiger partial charge < -0.3 is 15.5 Å². The Labute approximate surface area is 128 Å². The molecular formula is C13H18ClN3O2S. The summed E-state index contributed by atoms with van der Waals surface area (Å²) in [5.74, 6) is 1.57. The number of nitrogens with zero attached hydrogens (tertiary/aromatic N) is 1. The number of amides is 1. The Bertz CT molecular complexity index is 592. The maximum absolute atomic E-state index is 11.6. The number of aryl methyl sites for hydroxylation is 2. The molecule has 0 saturated heterocycles. The minimum absolute atomic E-state index is 0. The Kier molecular flexibility index (Phi) is 5.74. The highest BCUT2D eigenvalue weighted by molar-refractivity contribution is 7.14. The van der Waals surface area contributed by atoms with Gasteiger partial charge in [-0.25, -0.2) is 4.98 Å². The second kappa shape index (κ2) is 6.88. The molecule has 7 heteroatoms. The van der Waals surface area contributed by atoms with Gasteiger partial charge >= 0.3 is 0 Å². The summed E-state index contributed by atoms with van der Waals surface area (Å²) >= 11 is 1.39. The van der Waals surface area contributed by atoms with E-state index in [1.54, 1.807) is 6.92 Å². The quantitative estimate of drug-likeness (QED) is 0.908. The normalized spacial score (nSPS) is 11.8. The monoisotopic (exact) mass is 315 g/mol. The standard InChI is InChI=1S/C13H17N3O2S.ClH/c1-7(14)4-12(17)16-13-15-11(6-19-13)10-5-8(2)18-9(10)3;/h5-7H,4,14H2,1-3H3,(H,15,16,17);1H. The summed E-state index contributed by atoms with van der Waals surface area (Å²) in [4.78, 5) is 16.0. The van der Waals surface area contributed by atoms with E-state index in [1.165, 1.54) is 11.3 Å². The van der Waals surface area contributed by atoms with Gasteiger partial charge in [0.1, 0.15) is 11.5 Å². The second-order valence-corrected chi connectivity index (χ2v) is 5.45. The van der Waals surface area contributed by atoms with Crippen LogP contribution < -0.4 is 11.1 Å². The fourth-order valence-electron chi connectivity index (χ4n) is 1.80. The molecule has 2 aromatic rings. The third-order valence-electron chi connectivity index (χ3n) is 2.57. The molecule has 2 aromatic heterocycles. The molecule has 0 fully saturated rings. The van der Waals surface area contributed by atoms with Crippen molar-refractivity contribution in [3.63, 3.8) is 0 Å². The van der Waals surface area contributed by atoms with Crippen molar-refractivity contribution in [1.82, 2.24) is 4.98 Å². The number of thiazole rings is 1. The van der Waals surface area contributed by atoms with Crippen LogP contribution in [-0.2, 0) is 4.79 Å². The number of hydrogen-bond donors (Lipinski definition) is 2. The Morgan fingerprint density at radius 2 is 2.25 bits per heavy atom. The lowest BCUT2D eigenvalue weighted by molar-refractivity contribution is -0.116. The topological polar surface area (TPSA) is 81.2 Å². The van der Waals surface area contributed by atoms with Gasteiger partial charge in [0.05, 0.1) is 5.69 Å². The zero-order chi connectivity index (χ0) is 14.0. The van der Waals surface area contributed by atoms with Crippen LogP contribution >= 0.6 is 23.7 Å². The molecule has 0 radical (unpaired) electrons. The van der Waals surface area contributed by atoms with Crippen molar-refractivity contribution < 1.29 is 9.21 Å². The minimum atomic E-state index is -0.154. The number of hydrogen-bond acceptors (Lipinski definition) is 5. The molecular weight excluding hydrogens is 298 g/mol. The summed E-state index contributed by atoms with van der Waals surface area (Å²) in [7, 11) is 0. The predicted octanol–water partition coefficient (Wildman–Crippen LogP) is 3.12. The Morgan fingerprint density at radius 3 is 2.80 bits per heavy atom. The first-order chi connectivity index (χ1) is 8.95. The van der Waals surface area contributed by atoms with Crippen molar-refractivity contribution in [1.29, 1.82) is 0 Å². The zero-order valence-electron chi connectivity index (χ0n) is 11.6. The first-order valence-corrected chi connectivity index (χ1v) is 6.92. The van der Waals surface area contributed by atoms with E-state index in [0.29, 0.717) is 11.6 Å². The van der Waals surface area contributed by atoms with Gasteiger partial charge in [0.25, 0.3) is 0 Å². The van der Waals surface area contributed by atoms with Crippen LogP contribution in [0.25, 0.3) is 11.3 Å². The first kappa shape index (κ1) is 16.7. The molecule has 0 saturated carbocycles. The molecule has 0 aliphatic heterocycles. The van der Waals surface area contributed by atoms with Crippen molar-refractivity contribution in [2.45, 2.75) is 33.2 Å². The van der Waals surface area contributed by atoms with Gasteiger partial charge in [0, 0.05) is 23.4 Å². The lowest BCUT2D eigenvalue weighted by Crippen LogP contribution is -2.23. The summed E-state index contributed by atoms with van der Waals surface area (Å²) in [6.07, 6.45) is 0.290. The number of carbonyl (C=O) groups excluding carboxylic acids is 1. The molecule has 110 valence electrons. The number of nitrogens with one attached hydrogen (secondary N) is 1. The molecule has 1 atom stereocenters. The fraction of sp³-hybridized carbons (Fsp3) is 0.385. The van der Waals surface area contributed by atoms with E-state index in [0.717, 1.165) is 22.8 Å². The van der Waals surface area contributed by atoms with Crippen LogP contribution in [-0.4, -0.2) is 16.9 Å². The molecule has 20 heavy (non-hydrogen) atoms. The molecule has 5 nitrogen and oxygen atoms in total. The highest BCUT2D eigenvalue weighted by Crippen LogP contribution is 2.29. The van der Waals surface area contributed by atoms with E-state index >= 15 is 0 Å². The molecule has 0 aliphatic rings. The van der Waals surface area contributed by atoms with Crippen molar-refractivity contribution in [3.05, 3.63) is 23.0 Å². The number of halogens is 1. The summed E-state index contributed by atoms with van der Waals surface area (Å²) < 4.78 is 5.47. The van der Waals surface area contributed by atoms with Gasteiger partial charge in [-0.1, -0.05) is 0 Å². The average Bonchev–Trinajstić information content (AvgIpc) is 2.84. The molecule has 2 heterocycles. The number of furan rings is 1. The van der Waals surface area contributed by atoms with E-state index in [2.05, 4.69) is 10.3 Å². The van der Waals surface area contributed by atoms with Gasteiger partial charge in [-0.2, -0.15) is 0 Å². The van der Waals surface area contributed by atoms with Crippen LogP contribution in [0.15, 0.2) is 15.9 Å². The number of rotatable bonds is 4. The zero-order valence-corrected chi connectivity index (χ0v) is 13.2. The molecule has 1 unspecified atom stereocenters. The maximum Gasteiger partial charge on any atom is 0.227 e. The van der Waals surface area contributed by atoms with Crippen molar-refractivity contribution in [2.75, 3.05) is 5.32 Å². The number of carbonyl (C=O) groups is 1. The van der Waals surface area contributed by atoms with Crippen LogP contribution in [0.5, 0.6) is 0 Å². The number of aromatic nitrogens is 1. The minimum Gasteiger partial charge on any atom is -0.466 e. The van der Waals surface area contributed by atoms with Crippen LogP contribution in [0.4, 0.5) is 5.13 Å². The molecule has 0 bridgehead atoms. The third kappa shape index (κ3) is 4.06. The first-order valence-electron chi connectivity index (χ1n) is 6.04. The van der Waals surface area contributed by atoms with E-state index in [9.17, 15) is 4.79 Å². The lowest BCUT2D eigenvalue weighted by atomic mass is 10.2. The number of anilines is 1. The average molecular weight is 316 g/mol. The molecule has 1 amide bonds. The Hall–Kier alpha value is -1.37. The van der Waals surface area contributed by atoms with Crippen LogP contribution in [0.3, 0.4) is 0 Å². The summed E-state index contributed by atoms with van der Waals surface area (Å²) in [5, 5.41) is 5.23. The van der Waals surface area contributed by atoms with E-state index in [1.807, 2.05) is 25.3 Å². The Balaban J connectivity index is 0.00000200. The SMILES string of the molecule is Cc1cc(-c2csc(NC(=O)CC(C)N)n2)c(C)o1.Cl. The van der Waals surface area contributed by atoms with E-state index in [-0.39, 0.29) is 24.4 Å². The lowest BCUT2D eigenvalue weighted by Gasteiger charge is -2.03. The summed E-state index contributed by atoms with van der Waals surface area (Å²) in [6.45, 7) is 5.59. The van der Waals surface area contributed by atoms with Gasteiger partial charge in [-0.05, 0) is 26.8 Å². The fourth-order valence-corrected chi connectivity index (χ4v) is 2.53. The highest BCUT2D eigenvalue weighted by Gasteiger charge is 2.13.